The lowest BCUT2D eigenvalue weighted by Gasteiger charge is -2.28. The summed E-state index contributed by atoms with van der Waals surface area (Å²) in [5.74, 6) is 0. The van der Waals surface area contributed by atoms with Crippen molar-refractivity contribution in [3.63, 3.8) is 0 Å². The number of rotatable bonds is 8. The Bertz CT molecular complexity index is 1210. The minimum Gasteiger partial charge on any atom is -0.381 e. The van der Waals surface area contributed by atoms with Crippen molar-refractivity contribution < 1.29 is 0 Å². The standard InChI is InChI=1S/C32H29NP/c1-5-15-27(16-6-1)25-33-32-24-14-13-17-28(32)26-34(29-18-7-2-8-19-29,30-20-9-3-10-21-30)31-22-11-4-12-23-31/h1-24,33H,25-26H2/q+1. The van der Waals surface area contributed by atoms with Crippen LogP contribution in [0.3, 0.4) is 0 Å². The molecule has 0 unspecified atom stereocenters. The Balaban J connectivity index is 1.63. The lowest BCUT2D eigenvalue weighted by molar-refractivity contribution is 1.14. The second-order valence-corrected chi connectivity index (χ2v) is 12.0. The average molecular weight is 459 g/mol. The molecule has 0 saturated carbocycles. The van der Waals surface area contributed by atoms with E-state index in [1.54, 1.807) is 0 Å². The van der Waals surface area contributed by atoms with Crippen LogP contribution in [0.5, 0.6) is 0 Å². The van der Waals surface area contributed by atoms with Crippen LogP contribution in [0.15, 0.2) is 146 Å². The van der Waals surface area contributed by atoms with Crippen LogP contribution in [0.4, 0.5) is 5.69 Å². The van der Waals surface area contributed by atoms with Crippen molar-refractivity contribution in [2.24, 2.45) is 0 Å². The number of hydrogen-bond acceptors (Lipinski definition) is 1. The van der Waals surface area contributed by atoms with Gasteiger partial charge in [-0.15, -0.1) is 0 Å². The lowest BCUT2D eigenvalue weighted by Crippen LogP contribution is -2.32. The summed E-state index contributed by atoms with van der Waals surface area (Å²) < 4.78 is 0. The summed E-state index contributed by atoms with van der Waals surface area (Å²) in [7, 11) is -1.94. The number of nitrogens with one attached hydrogen (secondary N) is 1. The van der Waals surface area contributed by atoms with Crippen LogP contribution in [0.2, 0.25) is 0 Å². The molecule has 1 N–H and O–H groups in total. The van der Waals surface area contributed by atoms with Gasteiger partial charge in [-0.2, -0.15) is 0 Å². The van der Waals surface area contributed by atoms with Crippen molar-refractivity contribution in [2.45, 2.75) is 12.7 Å². The van der Waals surface area contributed by atoms with Crippen molar-refractivity contribution in [3.05, 3.63) is 157 Å². The second kappa shape index (κ2) is 10.5. The highest BCUT2D eigenvalue weighted by Crippen LogP contribution is 2.58. The van der Waals surface area contributed by atoms with Crippen molar-refractivity contribution in [3.8, 4) is 0 Å². The van der Waals surface area contributed by atoms with Gasteiger partial charge in [0.2, 0.25) is 0 Å². The smallest absolute Gasteiger partial charge is 0.116 e. The summed E-state index contributed by atoms with van der Waals surface area (Å²) in [5.41, 5.74) is 3.84. The molecular formula is C32H29NP+. The van der Waals surface area contributed by atoms with Gasteiger partial charge in [-0.05, 0) is 48.0 Å². The molecule has 0 bridgehead atoms. The maximum absolute atomic E-state index is 3.72. The topological polar surface area (TPSA) is 12.0 Å². The zero-order chi connectivity index (χ0) is 23.1. The highest BCUT2D eigenvalue weighted by Gasteiger charge is 2.45. The van der Waals surface area contributed by atoms with Gasteiger partial charge in [0.1, 0.15) is 29.3 Å². The third kappa shape index (κ3) is 4.67. The molecule has 5 aromatic carbocycles. The third-order valence-electron chi connectivity index (χ3n) is 6.34. The highest BCUT2D eigenvalue weighted by atomic mass is 31.2. The maximum atomic E-state index is 3.72. The Morgan fingerprint density at radius 3 is 1.35 bits per heavy atom. The van der Waals surface area contributed by atoms with Crippen LogP contribution >= 0.6 is 7.26 Å². The van der Waals surface area contributed by atoms with E-state index < -0.39 is 7.26 Å². The normalized spacial score (nSPS) is 11.2. The molecule has 0 aliphatic rings. The first kappa shape index (κ1) is 22.1. The van der Waals surface area contributed by atoms with Crippen molar-refractivity contribution in [2.75, 3.05) is 5.32 Å². The van der Waals surface area contributed by atoms with Crippen LogP contribution in [0.25, 0.3) is 0 Å². The summed E-state index contributed by atoms with van der Waals surface area (Å²) in [6.07, 6.45) is 0.961. The molecule has 5 rings (SSSR count). The quantitative estimate of drug-likeness (QED) is 0.252. The molecule has 0 spiro atoms. The van der Waals surface area contributed by atoms with Gasteiger partial charge in [0.25, 0.3) is 0 Å². The van der Waals surface area contributed by atoms with E-state index in [9.17, 15) is 0 Å². The van der Waals surface area contributed by atoms with Gasteiger partial charge in [-0.25, -0.2) is 0 Å². The number of anilines is 1. The molecule has 0 amide bonds. The molecule has 1 nitrogen and oxygen atoms in total. The molecule has 0 fully saturated rings. The summed E-state index contributed by atoms with van der Waals surface area (Å²) in [5, 5.41) is 7.95. The summed E-state index contributed by atoms with van der Waals surface area (Å²) in [4.78, 5) is 0. The van der Waals surface area contributed by atoms with E-state index in [1.165, 1.54) is 32.7 Å². The lowest BCUT2D eigenvalue weighted by atomic mass is 10.2. The molecule has 0 aliphatic carbocycles. The van der Waals surface area contributed by atoms with Crippen molar-refractivity contribution >= 4 is 28.9 Å². The first-order valence-electron chi connectivity index (χ1n) is 11.8. The van der Waals surface area contributed by atoms with Crippen molar-refractivity contribution in [1.82, 2.24) is 0 Å². The fraction of sp³-hybridized carbons (Fsp3) is 0.0625. The minimum absolute atomic E-state index is 0.811. The first-order chi connectivity index (χ1) is 16.9. The van der Waals surface area contributed by atoms with E-state index >= 15 is 0 Å². The Morgan fingerprint density at radius 2 is 0.853 bits per heavy atom. The average Bonchev–Trinajstić information content (AvgIpc) is 2.93. The molecule has 0 aromatic heterocycles. The third-order valence-corrected chi connectivity index (χ3v) is 10.7. The second-order valence-electron chi connectivity index (χ2n) is 8.47. The number of benzene rings is 5. The van der Waals surface area contributed by atoms with E-state index in [0.29, 0.717) is 0 Å². The largest absolute Gasteiger partial charge is 0.381 e. The predicted octanol–water partition coefficient (Wildman–Crippen LogP) is 6.79. The molecule has 2 heteroatoms. The van der Waals surface area contributed by atoms with Crippen molar-refractivity contribution in [1.29, 1.82) is 0 Å². The van der Waals surface area contributed by atoms with Gasteiger partial charge in [0, 0.05) is 17.8 Å². The molecule has 166 valence electrons. The molecule has 0 radical (unpaired) electrons. The van der Waals surface area contributed by atoms with E-state index in [4.69, 9.17) is 0 Å². The number of para-hydroxylation sites is 1. The molecule has 0 atom stereocenters. The van der Waals surface area contributed by atoms with Crippen LogP contribution in [0, 0.1) is 0 Å². The Hall–Kier alpha value is -3.67. The number of hydrogen-bond donors (Lipinski definition) is 1. The Labute approximate surface area is 203 Å². The van der Waals surface area contributed by atoms with Gasteiger partial charge >= 0.3 is 0 Å². The zero-order valence-electron chi connectivity index (χ0n) is 19.2. The first-order valence-corrected chi connectivity index (χ1v) is 13.7. The van der Waals surface area contributed by atoms with Crippen LogP contribution in [-0.4, -0.2) is 0 Å². The predicted molar refractivity (Wildman–Crippen MR) is 149 cm³/mol. The van der Waals surface area contributed by atoms with E-state index in [0.717, 1.165) is 12.7 Å². The van der Waals surface area contributed by atoms with Gasteiger partial charge < -0.3 is 5.32 Å². The fourth-order valence-electron chi connectivity index (χ4n) is 4.65. The van der Waals surface area contributed by atoms with Crippen LogP contribution in [-0.2, 0) is 12.7 Å². The molecule has 0 aliphatic heterocycles. The molecule has 0 saturated heterocycles. The van der Waals surface area contributed by atoms with E-state index in [-0.39, 0.29) is 0 Å². The zero-order valence-corrected chi connectivity index (χ0v) is 20.1. The molecule has 34 heavy (non-hydrogen) atoms. The highest BCUT2D eigenvalue weighted by molar-refractivity contribution is 7.95. The molecule has 5 aromatic rings. The SMILES string of the molecule is c1ccc(CNc2ccccc2C[P+](c2ccccc2)(c2ccccc2)c2ccccc2)cc1. The molecule has 0 heterocycles. The molecular weight excluding hydrogens is 429 g/mol. The van der Waals surface area contributed by atoms with Gasteiger partial charge in [-0.3, -0.25) is 0 Å². The summed E-state index contributed by atoms with van der Waals surface area (Å²) >= 11 is 0. The van der Waals surface area contributed by atoms with Gasteiger partial charge in [0.15, 0.2) is 0 Å². The summed E-state index contributed by atoms with van der Waals surface area (Å²) in [6, 6.07) is 52.7. The van der Waals surface area contributed by atoms with Crippen LogP contribution in [0.1, 0.15) is 11.1 Å². The maximum Gasteiger partial charge on any atom is 0.116 e. The van der Waals surface area contributed by atoms with E-state index in [2.05, 4.69) is 151 Å². The monoisotopic (exact) mass is 458 g/mol. The van der Waals surface area contributed by atoms with Gasteiger partial charge in [0.05, 0.1) is 0 Å². The summed E-state index contributed by atoms with van der Waals surface area (Å²) in [6.45, 7) is 0.811. The Kier molecular flexibility index (Phi) is 6.84. The van der Waals surface area contributed by atoms with Crippen LogP contribution < -0.4 is 21.2 Å². The van der Waals surface area contributed by atoms with E-state index in [1.807, 2.05) is 0 Å². The Morgan fingerprint density at radius 1 is 0.441 bits per heavy atom. The van der Waals surface area contributed by atoms with Gasteiger partial charge in [-0.1, -0.05) is 103 Å². The fourth-order valence-corrected chi connectivity index (χ4v) is 8.92. The minimum atomic E-state index is -1.94.